The van der Waals surface area contributed by atoms with Gasteiger partial charge in [0.25, 0.3) is 11.8 Å². The topological polar surface area (TPSA) is 75.7 Å². The van der Waals surface area contributed by atoms with Crippen LogP contribution in [0.25, 0.3) is 0 Å². The van der Waals surface area contributed by atoms with Gasteiger partial charge in [-0.05, 0) is 12.5 Å². The first-order chi connectivity index (χ1) is 15.5. The molecule has 6 nitrogen and oxygen atoms in total. The SMILES string of the molecule is COC(=O)c1c(NC(=O)C2(F)C(F)(F)C(F)(F)C(F)(F)C(F)(F)C2(F)F)sc(C(=O)N(C)C)c1C. The molecule has 0 aromatic carbocycles. The van der Waals surface area contributed by atoms with Crippen molar-refractivity contribution >= 4 is 34.1 Å². The summed E-state index contributed by atoms with van der Waals surface area (Å²) in [5, 5.41) is -0.358. The molecule has 0 atom stereocenters. The van der Waals surface area contributed by atoms with E-state index in [4.69, 9.17) is 0 Å². The monoisotopic (exact) mass is 550 g/mol. The van der Waals surface area contributed by atoms with Crippen LogP contribution in [0.2, 0.25) is 0 Å². The van der Waals surface area contributed by atoms with Crippen LogP contribution in [0.15, 0.2) is 0 Å². The zero-order valence-electron chi connectivity index (χ0n) is 17.6. The lowest BCUT2D eigenvalue weighted by Gasteiger charge is -2.51. The lowest BCUT2D eigenvalue weighted by atomic mass is 9.71. The van der Waals surface area contributed by atoms with E-state index in [-0.39, 0.29) is 11.3 Å². The standard InChI is InChI=1S/C17H13F11N2O4S/c1-5-6(10(32)34-4)8(35-7(5)9(31)30(2)3)29-11(33)12(18)13(19,20)15(23,24)17(27,28)16(25,26)14(12,21)22/h1-4H3,(H,29,33). The Labute approximate surface area is 192 Å². The quantitative estimate of drug-likeness (QED) is 0.446. The van der Waals surface area contributed by atoms with Gasteiger partial charge in [0.05, 0.1) is 17.6 Å². The molecular formula is C17H13F11N2O4S. The Hall–Kier alpha value is -2.66. The van der Waals surface area contributed by atoms with Gasteiger partial charge < -0.3 is 15.0 Å². The van der Waals surface area contributed by atoms with E-state index in [1.807, 2.05) is 0 Å². The third-order valence-electron chi connectivity index (χ3n) is 5.12. The van der Waals surface area contributed by atoms with Crippen LogP contribution in [-0.2, 0) is 9.53 Å². The summed E-state index contributed by atoms with van der Waals surface area (Å²) < 4.78 is 157. The first-order valence-corrected chi connectivity index (χ1v) is 9.65. The molecule has 0 radical (unpaired) electrons. The Bertz CT molecular complexity index is 1050. The van der Waals surface area contributed by atoms with Crippen LogP contribution >= 0.6 is 11.3 Å². The fourth-order valence-electron chi connectivity index (χ4n) is 3.05. The van der Waals surface area contributed by atoms with Crippen molar-refractivity contribution in [3.8, 4) is 0 Å². The summed E-state index contributed by atoms with van der Waals surface area (Å²) in [6.45, 7) is 0.993. The number of thiophene rings is 1. The molecule has 0 unspecified atom stereocenters. The average Bonchev–Trinajstić information content (AvgIpc) is 3.05. The molecule has 1 fully saturated rings. The lowest BCUT2D eigenvalue weighted by molar-refractivity contribution is -0.475. The third kappa shape index (κ3) is 3.23. The number of ether oxygens (including phenoxy) is 1. The van der Waals surface area contributed by atoms with E-state index in [1.54, 1.807) is 0 Å². The molecule has 1 aliphatic carbocycles. The second-order valence-electron chi connectivity index (χ2n) is 7.44. The van der Waals surface area contributed by atoms with E-state index >= 15 is 0 Å². The second kappa shape index (κ2) is 7.92. The molecule has 198 valence electrons. The largest absolute Gasteiger partial charge is 0.465 e. The summed E-state index contributed by atoms with van der Waals surface area (Å²) >= 11 is -0.0464. The van der Waals surface area contributed by atoms with Gasteiger partial charge >= 0.3 is 41.3 Å². The van der Waals surface area contributed by atoms with Crippen molar-refractivity contribution in [3.05, 3.63) is 16.0 Å². The van der Waals surface area contributed by atoms with Crippen LogP contribution in [-0.4, -0.2) is 79.2 Å². The highest BCUT2D eigenvalue weighted by molar-refractivity contribution is 7.18. The van der Waals surface area contributed by atoms with E-state index in [0.29, 0.717) is 7.11 Å². The maximum Gasteiger partial charge on any atom is 0.384 e. The molecule has 1 saturated carbocycles. The fraction of sp³-hybridized carbons (Fsp3) is 0.588. The minimum Gasteiger partial charge on any atom is -0.465 e. The van der Waals surface area contributed by atoms with Crippen LogP contribution < -0.4 is 5.32 Å². The van der Waals surface area contributed by atoms with Gasteiger partial charge in [-0.25, -0.2) is 9.18 Å². The number of nitrogens with one attached hydrogen (secondary N) is 1. The molecule has 2 rings (SSSR count). The molecule has 0 aliphatic heterocycles. The molecular weight excluding hydrogens is 537 g/mol. The number of hydrogen-bond acceptors (Lipinski definition) is 5. The van der Waals surface area contributed by atoms with Gasteiger partial charge in [0, 0.05) is 14.1 Å². The van der Waals surface area contributed by atoms with Gasteiger partial charge in [0.2, 0.25) is 0 Å². The lowest BCUT2D eigenvalue weighted by Crippen LogP contribution is -2.86. The molecule has 18 heteroatoms. The molecule has 1 aliphatic rings. The number of esters is 1. The Morgan fingerprint density at radius 3 is 1.57 bits per heavy atom. The number of methoxy groups -OCH3 is 1. The number of carbonyl (C=O) groups excluding carboxylic acids is 3. The van der Waals surface area contributed by atoms with Crippen LogP contribution in [0.4, 0.5) is 53.3 Å². The van der Waals surface area contributed by atoms with Crippen LogP contribution in [0, 0.1) is 6.92 Å². The summed E-state index contributed by atoms with van der Waals surface area (Å²) in [6, 6.07) is 0. The number of hydrogen-bond donors (Lipinski definition) is 1. The first kappa shape index (κ1) is 28.6. The highest BCUT2D eigenvalue weighted by atomic mass is 32.1. The molecule has 1 heterocycles. The van der Waals surface area contributed by atoms with Crippen LogP contribution in [0.1, 0.15) is 25.6 Å². The smallest absolute Gasteiger partial charge is 0.384 e. The van der Waals surface area contributed by atoms with E-state index in [2.05, 4.69) is 4.74 Å². The number of nitrogens with zero attached hydrogens (tertiary/aromatic N) is 1. The van der Waals surface area contributed by atoms with Gasteiger partial charge in [-0.3, -0.25) is 9.59 Å². The zero-order chi connectivity index (χ0) is 27.7. The van der Waals surface area contributed by atoms with E-state index in [9.17, 15) is 62.7 Å². The van der Waals surface area contributed by atoms with Crippen molar-refractivity contribution in [2.75, 3.05) is 26.5 Å². The van der Waals surface area contributed by atoms with E-state index in [0.717, 1.165) is 17.1 Å². The maximum absolute atomic E-state index is 15.0. The number of halogens is 11. The number of rotatable bonds is 4. The summed E-state index contributed by atoms with van der Waals surface area (Å²) in [4.78, 5) is 36.8. The Morgan fingerprint density at radius 2 is 1.20 bits per heavy atom. The Balaban J connectivity index is 2.77. The first-order valence-electron chi connectivity index (χ1n) is 8.83. The third-order valence-corrected chi connectivity index (χ3v) is 6.31. The van der Waals surface area contributed by atoms with Crippen molar-refractivity contribution in [2.45, 2.75) is 42.2 Å². The molecule has 0 saturated heterocycles. The molecule has 0 spiro atoms. The average molecular weight is 550 g/mol. The molecule has 1 N–H and O–H groups in total. The van der Waals surface area contributed by atoms with Gasteiger partial charge in [-0.2, -0.15) is 43.9 Å². The highest BCUT2D eigenvalue weighted by Gasteiger charge is 3.02. The number of alkyl halides is 11. The molecule has 35 heavy (non-hydrogen) atoms. The molecule has 2 amide bonds. The summed E-state index contributed by atoms with van der Waals surface area (Å²) in [6.07, 6.45) is 0. The highest BCUT2D eigenvalue weighted by Crippen LogP contribution is 2.69. The van der Waals surface area contributed by atoms with Crippen molar-refractivity contribution in [2.24, 2.45) is 0 Å². The number of carbonyl (C=O) groups is 3. The minimum absolute atomic E-state index is 0.0464. The van der Waals surface area contributed by atoms with Crippen molar-refractivity contribution in [1.82, 2.24) is 4.90 Å². The van der Waals surface area contributed by atoms with Crippen molar-refractivity contribution < 1.29 is 67.4 Å². The van der Waals surface area contributed by atoms with Crippen LogP contribution in [0.5, 0.6) is 0 Å². The Morgan fingerprint density at radius 1 is 0.800 bits per heavy atom. The summed E-state index contributed by atoms with van der Waals surface area (Å²) in [5.74, 6) is -43.3. The van der Waals surface area contributed by atoms with Gasteiger partial charge in [-0.1, -0.05) is 0 Å². The van der Waals surface area contributed by atoms with E-state index < -0.39 is 74.1 Å². The predicted octanol–water partition coefficient (Wildman–Crippen LogP) is 4.38. The second-order valence-corrected chi connectivity index (χ2v) is 8.46. The normalized spacial score (nSPS) is 22.7. The Kier molecular flexibility index (Phi) is 6.47. The predicted molar refractivity (Wildman–Crippen MR) is 95.6 cm³/mol. The van der Waals surface area contributed by atoms with Gasteiger partial charge in [0.1, 0.15) is 5.00 Å². The van der Waals surface area contributed by atoms with Crippen molar-refractivity contribution in [1.29, 1.82) is 0 Å². The van der Waals surface area contributed by atoms with E-state index in [1.165, 1.54) is 14.1 Å². The maximum atomic E-state index is 15.0. The van der Waals surface area contributed by atoms with Gasteiger partial charge in [0.15, 0.2) is 0 Å². The van der Waals surface area contributed by atoms with Crippen molar-refractivity contribution in [3.63, 3.8) is 0 Å². The number of anilines is 1. The zero-order valence-corrected chi connectivity index (χ0v) is 18.5. The minimum atomic E-state index is -7.50. The van der Waals surface area contributed by atoms with Gasteiger partial charge in [-0.15, -0.1) is 11.3 Å². The summed E-state index contributed by atoms with van der Waals surface area (Å²) in [5.41, 5.74) is -8.30. The fourth-order valence-corrected chi connectivity index (χ4v) is 4.26. The molecule has 1 aromatic heterocycles. The molecule has 0 bridgehead atoms. The molecule has 1 aromatic rings. The van der Waals surface area contributed by atoms with Crippen LogP contribution in [0.3, 0.4) is 0 Å². The number of amides is 2. The summed E-state index contributed by atoms with van der Waals surface area (Å²) in [7, 11) is 3.05.